The van der Waals surface area contributed by atoms with E-state index in [9.17, 15) is 13.2 Å². The van der Waals surface area contributed by atoms with Crippen molar-refractivity contribution in [3.8, 4) is 5.75 Å². The van der Waals surface area contributed by atoms with Gasteiger partial charge in [-0.1, -0.05) is 37.6 Å². The second kappa shape index (κ2) is 8.72. The molecule has 0 spiro atoms. The first-order valence-electron chi connectivity index (χ1n) is 9.22. The van der Waals surface area contributed by atoms with Crippen molar-refractivity contribution in [2.24, 2.45) is 0 Å². The molecule has 0 bridgehead atoms. The number of hydrogen-bond acceptors (Lipinski definition) is 5. The maximum Gasteiger partial charge on any atom is 0.262 e. The lowest BCUT2D eigenvalue weighted by atomic mass is 9.95. The maximum atomic E-state index is 13.2. The van der Waals surface area contributed by atoms with Gasteiger partial charge in [-0.3, -0.25) is 10.0 Å². The zero-order chi connectivity index (χ0) is 20.1. The molecule has 1 heterocycles. The molecule has 0 fully saturated rings. The van der Waals surface area contributed by atoms with Crippen LogP contribution in [-0.2, 0) is 27.8 Å². The van der Waals surface area contributed by atoms with Gasteiger partial charge in [0, 0.05) is 6.54 Å². The van der Waals surface area contributed by atoms with Gasteiger partial charge in [-0.15, -0.1) is 0 Å². The second-order valence-corrected chi connectivity index (χ2v) is 8.58. The lowest BCUT2D eigenvalue weighted by Gasteiger charge is -2.34. The number of nitrogens with zero attached hydrogens (tertiary/aromatic N) is 1. The van der Waals surface area contributed by atoms with Gasteiger partial charge in [-0.2, -0.15) is 4.31 Å². The molecule has 2 aromatic rings. The Morgan fingerprint density at radius 2 is 1.86 bits per heavy atom. The molecule has 0 unspecified atom stereocenters. The summed E-state index contributed by atoms with van der Waals surface area (Å²) >= 11 is 0. The Bertz CT molecular complexity index is 928. The van der Waals surface area contributed by atoms with E-state index in [1.807, 2.05) is 24.3 Å². The normalized spacial score (nSPS) is 17.0. The predicted octanol–water partition coefficient (Wildman–Crippen LogP) is 2.49. The molecule has 28 heavy (non-hydrogen) atoms. The summed E-state index contributed by atoms with van der Waals surface area (Å²) in [7, 11) is -3.95. The van der Waals surface area contributed by atoms with Crippen LogP contribution < -0.4 is 10.2 Å². The molecule has 0 aliphatic carbocycles. The van der Waals surface area contributed by atoms with E-state index < -0.39 is 22.0 Å². The van der Waals surface area contributed by atoms with Crippen LogP contribution in [0.5, 0.6) is 5.75 Å². The first kappa shape index (κ1) is 20.3. The first-order valence-corrected chi connectivity index (χ1v) is 10.7. The lowest BCUT2D eigenvalue weighted by molar-refractivity contribution is -0.133. The number of carbonyl (C=O) groups is 1. The summed E-state index contributed by atoms with van der Waals surface area (Å²) in [6, 6.07) is 12.5. The van der Waals surface area contributed by atoms with Crippen molar-refractivity contribution in [2.45, 2.75) is 43.7 Å². The SMILES string of the molecule is CCCCOc1ccc(S(=O)(=O)N2Cc3ccccc3C[C@@H]2C(=O)NO)cc1. The van der Waals surface area contributed by atoms with E-state index in [4.69, 9.17) is 9.94 Å². The average Bonchev–Trinajstić information content (AvgIpc) is 2.72. The van der Waals surface area contributed by atoms with E-state index in [0.29, 0.717) is 12.4 Å². The van der Waals surface area contributed by atoms with Crippen molar-refractivity contribution in [1.29, 1.82) is 0 Å². The molecule has 150 valence electrons. The molecule has 2 aromatic carbocycles. The van der Waals surface area contributed by atoms with Gasteiger partial charge in [-0.25, -0.2) is 13.9 Å². The highest BCUT2D eigenvalue weighted by atomic mass is 32.2. The minimum Gasteiger partial charge on any atom is -0.494 e. The van der Waals surface area contributed by atoms with Crippen molar-refractivity contribution < 1.29 is 23.2 Å². The number of carbonyl (C=O) groups excluding carboxylic acids is 1. The van der Waals surface area contributed by atoms with E-state index in [0.717, 1.165) is 28.3 Å². The summed E-state index contributed by atoms with van der Waals surface area (Å²) in [6.45, 7) is 2.70. The number of benzene rings is 2. The predicted molar refractivity (Wildman–Crippen MR) is 103 cm³/mol. The number of unbranched alkanes of at least 4 members (excludes halogenated alkanes) is 1. The zero-order valence-electron chi connectivity index (χ0n) is 15.7. The van der Waals surface area contributed by atoms with Crippen molar-refractivity contribution in [3.63, 3.8) is 0 Å². The quantitative estimate of drug-likeness (QED) is 0.420. The molecule has 1 aliphatic heterocycles. The van der Waals surface area contributed by atoms with E-state index in [1.54, 1.807) is 17.6 Å². The van der Waals surface area contributed by atoms with Gasteiger partial charge in [-0.05, 0) is 48.2 Å². The highest BCUT2D eigenvalue weighted by Gasteiger charge is 2.39. The van der Waals surface area contributed by atoms with Gasteiger partial charge >= 0.3 is 0 Å². The maximum absolute atomic E-state index is 13.2. The Balaban J connectivity index is 1.89. The Morgan fingerprint density at radius 1 is 1.18 bits per heavy atom. The fourth-order valence-electron chi connectivity index (χ4n) is 3.23. The molecule has 0 radical (unpaired) electrons. The number of amides is 1. The standard InChI is InChI=1S/C20H24N2O5S/c1-2-3-12-27-17-8-10-18(11-9-17)28(25,26)22-14-16-7-5-4-6-15(16)13-19(22)20(23)21-24/h4-11,19,24H,2-3,12-14H2,1H3,(H,21,23)/t19-/m1/s1. The number of hydrogen-bond donors (Lipinski definition) is 2. The monoisotopic (exact) mass is 404 g/mol. The molecule has 0 saturated heterocycles. The fourth-order valence-corrected chi connectivity index (χ4v) is 4.79. The number of nitrogens with one attached hydrogen (secondary N) is 1. The van der Waals surface area contributed by atoms with Gasteiger partial charge < -0.3 is 4.74 Å². The van der Waals surface area contributed by atoms with Crippen molar-refractivity contribution in [2.75, 3.05) is 6.61 Å². The Morgan fingerprint density at radius 3 is 2.50 bits per heavy atom. The molecule has 2 N–H and O–H groups in total. The van der Waals surface area contributed by atoms with E-state index in [2.05, 4.69) is 6.92 Å². The van der Waals surface area contributed by atoms with Crippen LogP contribution in [0.15, 0.2) is 53.4 Å². The van der Waals surface area contributed by atoms with E-state index >= 15 is 0 Å². The van der Waals surface area contributed by atoms with Gasteiger partial charge in [0.2, 0.25) is 10.0 Å². The third kappa shape index (κ3) is 4.19. The number of rotatable bonds is 7. The third-order valence-corrected chi connectivity index (χ3v) is 6.68. The minimum atomic E-state index is -3.95. The molecule has 1 aliphatic rings. The summed E-state index contributed by atoms with van der Waals surface area (Å²) in [4.78, 5) is 12.3. The van der Waals surface area contributed by atoms with Crippen molar-refractivity contribution in [3.05, 3.63) is 59.7 Å². The van der Waals surface area contributed by atoms with Crippen LogP contribution in [0.25, 0.3) is 0 Å². The summed E-state index contributed by atoms with van der Waals surface area (Å²) in [5.41, 5.74) is 3.32. The number of fused-ring (bicyclic) bond motifs is 1. The highest BCUT2D eigenvalue weighted by molar-refractivity contribution is 7.89. The summed E-state index contributed by atoms with van der Waals surface area (Å²) < 4.78 is 33.2. The van der Waals surface area contributed by atoms with E-state index in [-0.39, 0.29) is 17.9 Å². The van der Waals surface area contributed by atoms with Crippen LogP contribution >= 0.6 is 0 Å². The van der Waals surface area contributed by atoms with Gasteiger partial charge in [0.1, 0.15) is 11.8 Å². The van der Waals surface area contributed by atoms with Crippen LogP contribution in [0.1, 0.15) is 30.9 Å². The van der Waals surface area contributed by atoms with E-state index in [1.165, 1.54) is 12.1 Å². The summed E-state index contributed by atoms with van der Waals surface area (Å²) in [5.74, 6) is -0.154. The van der Waals surface area contributed by atoms with Crippen LogP contribution in [0, 0.1) is 0 Å². The summed E-state index contributed by atoms with van der Waals surface area (Å²) in [6.07, 6.45) is 2.13. The van der Waals surface area contributed by atoms with Gasteiger partial charge in [0.15, 0.2) is 0 Å². The number of ether oxygens (including phenoxy) is 1. The average molecular weight is 404 g/mol. The van der Waals surface area contributed by atoms with Crippen LogP contribution in [0.2, 0.25) is 0 Å². The minimum absolute atomic E-state index is 0.0609. The molecule has 8 heteroatoms. The second-order valence-electron chi connectivity index (χ2n) is 6.69. The molecule has 3 rings (SSSR count). The van der Waals surface area contributed by atoms with Gasteiger partial charge in [0.05, 0.1) is 11.5 Å². The van der Waals surface area contributed by atoms with Gasteiger partial charge in [0.25, 0.3) is 5.91 Å². The molecule has 0 saturated carbocycles. The lowest BCUT2D eigenvalue weighted by Crippen LogP contribution is -2.51. The summed E-state index contributed by atoms with van der Waals surface area (Å²) in [5, 5.41) is 9.09. The topological polar surface area (TPSA) is 95.9 Å². The molecular formula is C20H24N2O5S. The molecule has 0 aromatic heterocycles. The molecule has 7 nitrogen and oxygen atoms in total. The Hall–Kier alpha value is -2.42. The molecule has 1 atom stereocenters. The van der Waals surface area contributed by atoms with Crippen LogP contribution in [-0.4, -0.2) is 36.5 Å². The largest absolute Gasteiger partial charge is 0.494 e. The molecule has 1 amide bonds. The number of hydroxylamine groups is 1. The highest BCUT2D eigenvalue weighted by Crippen LogP contribution is 2.30. The number of sulfonamides is 1. The van der Waals surface area contributed by atoms with Crippen LogP contribution in [0.4, 0.5) is 0 Å². The third-order valence-electron chi connectivity index (χ3n) is 4.82. The fraction of sp³-hybridized carbons (Fsp3) is 0.350. The van der Waals surface area contributed by atoms with Crippen LogP contribution in [0.3, 0.4) is 0 Å². The zero-order valence-corrected chi connectivity index (χ0v) is 16.5. The smallest absolute Gasteiger partial charge is 0.262 e. The van der Waals surface area contributed by atoms with Crippen molar-refractivity contribution >= 4 is 15.9 Å². The Labute approximate surface area is 164 Å². The van der Waals surface area contributed by atoms with Crippen molar-refractivity contribution in [1.82, 2.24) is 9.79 Å². The Kier molecular flexibility index (Phi) is 6.33. The first-order chi connectivity index (χ1) is 13.5. The molecular weight excluding hydrogens is 380 g/mol.